The lowest BCUT2D eigenvalue weighted by molar-refractivity contribution is 0.227. The summed E-state index contributed by atoms with van der Waals surface area (Å²) in [7, 11) is 1.63. The summed E-state index contributed by atoms with van der Waals surface area (Å²) in [6, 6.07) is 4.01. The largest absolute Gasteiger partial charge is 0.493 e. The lowest BCUT2D eigenvalue weighted by Crippen LogP contribution is -2.19. The van der Waals surface area contributed by atoms with E-state index in [2.05, 4.69) is 35.1 Å². The SMILES string of the molecule is COc1cc(CNCC(C)C)cc(Br)c1OCCCO. The van der Waals surface area contributed by atoms with Crippen molar-refractivity contribution in [3.63, 3.8) is 0 Å². The van der Waals surface area contributed by atoms with Gasteiger partial charge in [-0.05, 0) is 46.1 Å². The van der Waals surface area contributed by atoms with Gasteiger partial charge in [-0.2, -0.15) is 0 Å². The molecule has 0 aliphatic rings. The van der Waals surface area contributed by atoms with Gasteiger partial charge in [-0.15, -0.1) is 0 Å². The fourth-order valence-corrected chi connectivity index (χ4v) is 2.36. The van der Waals surface area contributed by atoms with Crippen LogP contribution in [0.15, 0.2) is 16.6 Å². The smallest absolute Gasteiger partial charge is 0.175 e. The quantitative estimate of drug-likeness (QED) is 0.675. The standard InChI is InChI=1S/C15H24BrNO3/c1-11(2)9-17-10-12-7-13(16)15(14(8-12)19-3)20-6-4-5-18/h7-8,11,17-18H,4-6,9-10H2,1-3H3. The van der Waals surface area contributed by atoms with Crippen LogP contribution in [0.25, 0.3) is 0 Å². The zero-order valence-corrected chi connectivity index (χ0v) is 14.0. The molecule has 0 fully saturated rings. The van der Waals surface area contributed by atoms with E-state index >= 15 is 0 Å². The van der Waals surface area contributed by atoms with Gasteiger partial charge in [0.2, 0.25) is 0 Å². The van der Waals surface area contributed by atoms with E-state index in [-0.39, 0.29) is 6.61 Å². The lowest BCUT2D eigenvalue weighted by Gasteiger charge is -2.15. The molecule has 0 saturated heterocycles. The molecule has 0 aromatic heterocycles. The minimum absolute atomic E-state index is 0.122. The molecule has 0 aliphatic carbocycles. The summed E-state index contributed by atoms with van der Waals surface area (Å²) in [6.45, 7) is 6.73. The summed E-state index contributed by atoms with van der Waals surface area (Å²) in [6.07, 6.45) is 0.604. The molecule has 0 spiro atoms. The summed E-state index contributed by atoms with van der Waals surface area (Å²) < 4.78 is 11.9. The van der Waals surface area contributed by atoms with Gasteiger partial charge in [0.1, 0.15) is 0 Å². The van der Waals surface area contributed by atoms with E-state index in [0.29, 0.717) is 30.4 Å². The Morgan fingerprint density at radius 1 is 1.35 bits per heavy atom. The molecule has 2 N–H and O–H groups in total. The molecule has 1 rings (SSSR count). The Labute approximate surface area is 129 Å². The van der Waals surface area contributed by atoms with Crippen molar-refractivity contribution in [2.24, 2.45) is 5.92 Å². The monoisotopic (exact) mass is 345 g/mol. The Kier molecular flexibility index (Phi) is 7.95. The Morgan fingerprint density at radius 3 is 2.70 bits per heavy atom. The van der Waals surface area contributed by atoms with Crippen LogP contribution in [0.5, 0.6) is 11.5 Å². The predicted molar refractivity (Wildman–Crippen MR) is 84.4 cm³/mol. The first-order chi connectivity index (χ1) is 9.58. The zero-order chi connectivity index (χ0) is 15.0. The van der Waals surface area contributed by atoms with Crippen LogP contribution in [0.4, 0.5) is 0 Å². The third-order valence-corrected chi connectivity index (χ3v) is 3.31. The van der Waals surface area contributed by atoms with Crippen molar-refractivity contribution in [3.8, 4) is 11.5 Å². The summed E-state index contributed by atoms with van der Waals surface area (Å²) >= 11 is 3.52. The topological polar surface area (TPSA) is 50.7 Å². The number of ether oxygens (including phenoxy) is 2. The van der Waals surface area contributed by atoms with Crippen LogP contribution < -0.4 is 14.8 Å². The van der Waals surface area contributed by atoms with Crippen molar-refractivity contribution < 1.29 is 14.6 Å². The van der Waals surface area contributed by atoms with Crippen molar-refractivity contribution in [2.75, 3.05) is 26.9 Å². The van der Waals surface area contributed by atoms with Crippen LogP contribution in [-0.4, -0.2) is 32.0 Å². The fraction of sp³-hybridized carbons (Fsp3) is 0.600. The van der Waals surface area contributed by atoms with Gasteiger partial charge in [-0.25, -0.2) is 0 Å². The van der Waals surface area contributed by atoms with E-state index in [0.717, 1.165) is 23.1 Å². The van der Waals surface area contributed by atoms with E-state index in [1.807, 2.05) is 12.1 Å². The Hall–Kier alpha value is -0.780. The first-order valence-corrected chi connectivity index (χ1v) is 7.68. The predicted octanol–water partition coefficient (Wildman–Crippen LogP) is 2.96. The van der Waals surface area contributed by atoms with E-state index in [9.17, 15) is 0 Å². The molecular formula is C15H24BrNO3. The number of benzene rings is 1. The average Bonchev–Trinajstić information content (AvgIpc) is 2.40. The average molecular weight is 346 g/mol. The summed E-state index contributed by atoms with van der Waals surface area (Å²) in [5.74, 6) is 2.02. The van der Waals surface area contributed by atoms with E-state index in [1.165, 1.54) is 0 Å². The molecule has 0 bridgehead atoms. The summed E-state index contributed by atoms with van der Waals surface area (Å²) in [4.78, 5) is 0. The first kappa shape index (κ1) is 17.3. The molecule has 0 saturated carbocycles. The van der Waals surface area contributed by atoms with Gasteiger partial charge in [-0.1, -0.05) is 13.8 Å². The maximum Gasteiger partial charge on any atom is 0.175 e. The highest BCUT2D eigenvalue weighted by Gasteiger charge is 2.11. The molecule has 114 valence electrons. The van der Waals surface area contributed by atoms with Gasteiger partial charge >= 0.3 is 0 Å². The van der Waals surface area contributed by atoms with Gasteiger partial charge in [0.05, 0.1) is 18.2 Å². The number of hydrogen-bond acceptors (Lipinski definition) is 4. The van der Waals surface area contributed by atoms with Crippen LogP contribution in [0.3, 0.4) is 0 Å². The normalized spacial score (nSPS) is 10.9. The van der Waals surface area contributed by atoms with Crippen LogP contribution in [-0.2, 0) is 6.54 Å². The number of aliphatic hydroxyl groups is 1. The minimum atomic E-state index is 0.122. The van der Waals surface area contributed by atoms with Gasteiger partial charge in [0.15, 0.2) is 11.5 Å². The number of halogens is 1. The Balaban J connectivity index is 2.73. The molecule has 1 aromatic rings. The molecule has 0 amide bonds. The Bertz CT molecular complexity index is 410. The van der Waals surface area contributed by atoms with Gasteiger partial charge < -0.3 is 19.9 Å². The zero-order valence-electron chi connectivity index (χ0n) is 12.4. The third kappa shape index (κ3) is 5.69. The molecule has 0 radical (unpaired) electrons. The van der Waals surface area contributed by atoms with Gasteiger partial charge in [-0.3, -0.25) is 0 Å². The second-order valence-electron chi connectivity index (χ2n) is 5.06. The number of methoxy groups -OCH3 is 1. The van der Waals surface area contributed by atoms with Gasteiger partial charge in [0, 0.05) is 19.6 Å². The molecule has 0 atom stereocenters. The van der Waals surface area contributed by atoms with E-state index < -0.39 is 0 Å². The maximum atomic E-state index is 8.79. The molecular weight excluding hydrogens is 322 g/mol. The number of aliphatic hydroxyl groups excluding tert-OH is 1. The van der Waals surface area contributed by atoms with Crippen LogP contribution in [0.1, 0.15) is 25.8 Å². The number of rotatable bonds is 9. The highest BCUT2D eigenvalue weighted by Crippen LogP contribution is 2.36. The fourth-order valence-electron chi connectivity index (χ4n) is 1.76. The summed E-state index contributed by atoms with van der Waals surface area (Å²) in [5, 5.41) is 12.2. The van der Waals surface area contributed by atoms with Crippen molar-refractivity contribution in [3.05, 3.63) is 22.2 Å². The molecule has 0 aliphatic heterocycles. The molecule has 20 heavy (non-hydrogen) atoms. The third-order valence-electron chi connectivity index (χ3n) is 2.72. The molecule has 4 nitrogen and oxygen atoms in total. The van der Waals surface area contributed by atoms with Crippen LogP contribution >= 0.6 is 15.9 Å². The highest BCUT2D eigenvalue weighted by atomic mass is 79.9. The van der Waals surface area contributed by atoms with Crippen LogP contribution in [0, 0.1) is 5.92 Å². The van der Waals surface area contributed by atoms with Crippen LogP contribution in [0.2, 0.25) is 0 Å². The number of nitrogens with one attached hydrogen (secondary N) is 1. The second kappa shape index (κ2) is 9.21. The molecule has 0 unspecified atom stereocenters. The van der Waals surface area contributed by atoms with Crippen molar-refractivity contribution in [1.82, 2.24) is 5.32 Å². The van der Waals surface area contributed by atoms with Gasteiger partial charge in [0.25, 0.3) is 0 Å². The van der Waals surface area contributed by atoms with Crippen molar-refractivity contribution in [1.29, 1.82) is 0 Å². The lowest BCUT2D eigenvalue weighted by atomic mass is 10.2. The highest BCUT2D eigenvalue weighted by molar-refractivity contribution is 9.10. The first-order valence-electron chi connectivity index (χ1n) is 6.89. The van der Waals surface area contributed by atoms with E-state index in [1.54, 1.807) is 7.11 Å². The molecule has 1 aromatic carbocycles. The molecule has 0 heterocycles. The van der Waals surface area contributed by atoms with E-state index in [4.69, 9.17) is 14.6 Å². The van der Waals surface area contributed by atoms with Crippen molar-refractivity contribution in [2.45, 2.75) is 26.8 Å². The molecule has 5 heteroatoms. The summed E-state index contributed by atoms with van der Waals surface area (Å²) in [5.41, 5.74) is 1.14. The van der Waals surface area contributed by atoms with Crippen molar-refractivity contribution >= 4 is 15.9 Å². The number of hydrogen-bond donors (Lipinski definition) is 2. The maximum absolute atomic E-state index is 8.79. The minimum Gasteiger partial charge on any atom is -0.493 e. The second-order valence-corrected chi connectivity index (χ2v) is 5.91. The Morgan fingerprint density at radius 2 is 2.10 bits per heavy atom.